The fraction of sp³-hybridized carbons (Fsp3) is 0.391. The number of rotatable bonds is 7. The SMILES string of the molecule is CC(C)(C)SCCNC(=O)c1ccc([C@@H]2SCC(=O)N2Cc2ccc(Cl)cc2)cc1. The zero-order valence-electron chi connectivity index (χ0n) is 17.5. The summed E-state index contributed by atoms with van der Waals surface area (Å²) < 4.78 is 0.195. The summed E-state index contributed by atoms with van der Waals surface area (Å²) in [6.45, 7) is 7.69. The summed E-state index contributed by atoms with van der Waals surface area (Å²) >= 11 is 9.41. The molecule has 4 nitrogen and oxygen atoms in total. The number of benzene rings is 2. The molecule has 3 rings (SSSR count). The van der Waals surface area contributed by atoms with Crippen LogP contribution in [0.2, 0.25) is 5.02 Å². The molecule has 160 valence electrons. The topological polar surface area (TPSA) is 49.4 Å². The monoisotopic (exact) mass is 462 g/mol. The normalized spacial score (nSPS) is 16.7. The molecule has 2 aromatic carbocycles. The van der Waals surface area contributed by atoms with Crippen molar-refractivity contribution in [3.05, 3.63) is 70.2 Å². The van der Waals surface area contributed by atoms with Crippen LogP contribution in [0.15, 0.2) is 48.5 Å². The number of carbonyl (C=O) groups is 2. The number of halogens is 1. The Morgan fingerprint density at radius 3 is 2.47 bits per heavy atom. The minimum absolute atomic E-state index is 0.0477. The van der Waals surface area contributed by atoms with E-state index < -0.39 is 0 Å². The first-order valence-electron chi connectivity index (χ1n) is 9.90. The van der Waals surface area contributed by atoms with Gasteiger partial charge >= 0.3 is 0 Å². The summed E-state index contributed by atoms with van der Waals surface area (Å²) in [5.41, 5.74) is 2.71. The van der Waals surface area contributed by atoms with E-state index in [2.05, 4.69) is 26.1 Å². The first-order valence-corrected chi connectivity index (χ1v) is 12.3. The van der Waals surface area contributed by atoms with Crippen LogP contribution in [0.1, 0.15) is 47.6 Å². The van der Waals surface area contributed by atoms with Gasteiger partial charge in [0.1, 0.15) is 5.37 Å². The van der Waals surface area contributed by atoms with Crippen molar-refractivity contribution < 1.29 is 9.59 Å². The van der Waals surface area contributed by atoms with E-state index in [-0.39, 0.29) is 21.9 Å². The number of nitrogens with one attached hydrogen (secondary N) is 1. The van der Waals surface area contributed by atoms with Gasteiger partial charge in [0.25, 0.3) is 5.91 Å². The average molecular weight is 463 g/mol. The molecule has 0 aromatic heterocycles. The molecule has 1 atom stereocenters. The molecule has 2 aromatic rings. The number of thioether (sulfide) groups is 2. The van der Waals surface area contributed by atoms with Crippen LogP contribution in [0.4, 0.5) is 0 Å². The number of carbonyl (C=O) groups excluding carboxylic acids is 2. The van der Waals surface area contributed by atoms with Crippen molar-refractivity contribution >= 4 is 46.9 Å². The number of nitrogens with zero attached hydrogens (tertiary/aromatic N) is 1. The average Bonchev–Trinajstić information content (AvgIpc) is 3.06. The second-order valence-corrected chi connectivity index (χ2v) is 11.6. The highest BCUT2D eigenvalue weighted by atomic mass is 35.5. The molecule has 0 unspecified atom stereocenters. The second-order valence-electron chi connectivity index (χ2n) is 8.15. The fourth-order valence-corrected chi connectivity index (χ4v) is 5.24. The van der Waals surface area contributed by atoms with Gasteiger partial charge in [0.15, 0.2) is 0 Å². The summed E-state index contributed by atoms with van der Waals surface area (Å²) in [6, 6.07) is 15.1. The highest BCUT2D eigenvalue weighted by Crippen LogP contribution is 2.39. The van der Waals surface area contributed by atoms with Crippen molar-refractivity contribution in [1.82, 2.24) is 10.2 Å². The van der Waals surface area contributed by atoms with Gasteiger partial charge < -0.3 is 10.2 Å². The molecule has 1 saturated heterocycles. The van der Waals surface area contributed by atoms with Gasteiger partial charge in [-0.2, -0.15) is 11.8 Å². The van der Waals surface area contributed by atoms with Gasteiger partial charge in [0.2, 0.25) is 5.91 Å². The third kappa shape index (κ3) is 6.43. The lowest BCUT2D eigenvalue weighted by Crippen LogP contribution is -2.28. The summed E-state index contributed by atoms with van der Waals surface area (Å²) in [5, 5.41) is 3.61. The molecule has 1 aliphatic rings. The van der Waals surface area contributed by atoms with E-state index in [4.69, 9.17) is 11.6 Å². The fourth-order valence-electron chi connectivity index (χ4n) is 3.11. The van der Waals surface area contributed by atoms with E-state index in [1.807, 2.05) is 65.2 Å². The molecule has 1 aliphatic heterocycles. The predicted octanol–water partition coefficient (Wildman–Crippen LogP) is 5.38. The minimum atomic E-state index is -0.0655. The van der Waals surface area contributed by atoms with Crippen LogP contribution in [-0.2, 0) is 11.3 Å². The Labute approximate surface area is 192 Å². The molecule has 1 fully saturated rings. The Morgan fingerprint density at radius 1 is 1.17 bits per heavy atom. The molecular formula is C23H27ClN2O2S2. The quantitative estimate of drug-likeness (QED) is 0.561. The predicted molar refractivity (Wildman–Crippen MR) is 128 cm³/mol. The van der Waals surface area contributed by atoms with Crippen molar-refractivity contribution in [3.8, 4) is 0 Å². The van der Waals surface area contributed by atoms with Crippen LogP contribution in [-0.4, -0.2) is 39.5 Å². The number of hydrogen-bond donors (Lipinski definition) is 1. The van der Waals surface area contributed by atoms with Gasteiger partial charge in [0.05, 0.1) is 5.75 Å². The van der Waals surface area contributed by atoms with Gasteiger partial charge in [-0.05, 0) is 35.4 Å². The molecule has 0 spiro atoms. The molecule has 30 heavy (non-hydrogen) atoms. The molecule has 7 heteroatoms. The molecule has 0 aliphatic carbocycles. The zero-order valence-corrected chi connectivity index (χ0v) is 19.9. The van der Waals surface area contributed by atoms with Crippen molar-refractivity contribution in [2.24, 2.45) is 0 Å². The lowest BCUT2D eigenvalue weighted by molar-refractivity contribution is -0.128. The maximum atomic E-state index is 12.4. The van der Waals surface area contributed by atoms with E-state index in [1.54, 1.807) is 11.8 Å². The molecule has 0 saturated carbocycles. The Morgan fingerprint density at radius 2 is 1.83 bits per heavy atom. The van der Waals surface area contributed by atoms with Gasteiger partial charge in [0, 0.05) is 34.2 Å². The van der Waals surface area contributed by atoms with Crippen molar-refractivity contribution in [2.75, 3.05) is 18.1 Å². The van der Waals surface area contributed by atoms with E-state index >= 15 is 0 Å². The smallest absolute Gasteiger partial charge is 0.251 e. The third-order valence-corrected chi connectivity index (χ3v) is 7.40. The van der Waals surface area contributed by atoms with Gasteiger partial charge in [-0.1, -0.05) is 56.6 Å². The lowest BCUT2D eigenvalue weighted by Gasteiger charge is -2.24. The maximum absolute atomic E-state index is 12.4. The first kappa shape index (κ1) is 23.0. The Balaban J connectivity index is 1.60. The Hall–Kier alpha value is -1.63. The molecule has 1 heterocycles. The number of hydrogen-bond acceptors (Lipinski definition) is 4. The summed E-state index contributed by atoms with van der Waals surface area (Å²) in [5.74, 6) is 1.40. The molecule has 1 N–H and O–H groups in total. The Kier molecular flexibility index (Phi) is 7.77. The largest absolute Gasteiger partial charge is 0.351 e. The van der Waals surface area contributed by atoms with Gasteiger partial charge in [-0.25, -0.2) is 0 Å². The van der Waals surface area contributed by atoms with Crippen LogP contribution in [0.3, 0.4) is 0 Å². The van der Waals surface area contributed by atoms with Crippen LogP contribution >= 0.6 is 35.1 Å². The van der Waals surface area contributed by atoms with E-state index in [0.717, 1.165) is 16.9 Å². The second kappa shape index (κ2) is 10.1. The Bertz CT molecular complexity index is 880. The minimum Gasteiger partial charge on any atom is -0.351 e. The lowest BCUT2D eigenvalue weighted by atomic mass is 10.1. The van der Waals surface area contributed by atoms with E-state index in [9.17, 15) is 9.59 Å². The molecular weight excluding hydrogens is 436 g/mol. The summed E-state index contributed by atoms with van der Waals surface area (Å²) in [7, 11) is 0. The third-order valence-electron chi connectivity index (χ3n) is 4.61. The summed E-state index contributed by atoms with van der Waals surface area (Å²) in [6.07, 6.45) is 0. The maximum Gasteiger partial charge on any atom is 0.251 e. The van der Waals surface area contributed by atoms with Crippen molar-refractivity contribution in [1.29, 1.82) is 0 Å². The van der Waals surface area contributed by atoms with Crippen LogP contribution in [0, 0.1) is 0 Å². The van der Waals surface area contributed by atoms with Gasteiger partial charge in [-0.15, -0.1) is 11.8 Å². The molecule has 0 bridgehead atoms. The zero-order chi connectivity index (χ0) is 21.7. The molecule has 0 radical (unpaired) electrons. The highest BCUT2D eigenvalue weighted by molar-refractivity contribution is 8.00. The van der Waals surface area contributed by atoms with E-state index in [1.165, 1.54) is 0 Å². The van der Waals surface area contributed by atoms with Crippen molar-refractivity contribution in [3.63, 3.8) is 0 Å². The standard InChI is InChI=1S/C23H27ClN2O2S2/c1-23(2,3)30-13-12-25-21(28)17-6-8-18(9-7-17)22-26(20(27)15-29-22)14-16-4-10-19(24)11-5-16/h4-11,22H,12-15H2,1-3H3,(H,25,28)/t22-/m0/s1. The first-order chi connectivity index (χ1) is 14.2. The van der Waals surface area contributed by atoms with Crippen LogP contribution in [0.25, 0.3) is 0 Å². The number of amides is 2. The van der Waals surface area contributed by atoms with E-state index in [0.29, 0.717) is 29.4 Å². The summed E-state index contributed by atoms with van der Waals surface area (Å²) in [4.78, 5) is 26.7. The highest BCUT2D eigenvalue weighted by Gasteiger charge is 2.32. The van der Waals surface area contributed by atoms with Crippen LogP contribution in [0.5, 0.6) is 0 Å². The molecule has 2 amide bonds. The van der Waals surface area contributed by atoms with Crippen LogP contribution < -0.4 is 5.32 Å². The van der Waals surface area contributed by atoms with Gasteiger partial charge in [-0.3, -0.25) is 9.59 Å². The van der Waals surface area contributed by atoms with Crippen molar-refractivity contribution in [2.45, 2.75) is 37.4 Å².